The number of carbonyl (C=O) groups is 1. The molecule has 8 heteroatoms. The third kappa shape index (κ3) is 3.28. The largest absolute Gasteiger partial charge is 0.339 e. The second-order valence-electron chi connectivity index (χ2n) is 5.30. The molecule has 1 saturated heterocycles. The van der Waals surface area contributed by atoms with E-state index in [0.29, 0.717) is 31.1 Å². The Kier molecular flexibility index (Phi) is 4.72. The van der Waals surface area contributed by atoms with Gasteiger partial charge in [0.15, 0.2) is 0 Å². The molecule has 1 aromatic heterocycles. The minimum atomic E-state index is -3.47. The molecule has 6 nitrogen and oxygen atoms in total. The molecule has 0 aromatic carbocycles. The third-order valence-electron chi connectivity index (χ3n) is 3.55. The molecule has 1 amide bonds. The standard InChI is InChI=1S/C13H21N3O3S2/c1-9-8-12(11(3)20-9)21(18,19)16-6-4-15(5-7-16)13(17)10(2)14/h8,10H,4-7,14H2,1-3H3/t10-/m1/s1. The van der Waals surface area contributed by atoms with Crippen molar-refractivity contribution in [3.8, 4) is 0 Å². The van der Waals surface area contributed by atoms with Crippen molar-refractivity contribution in [3.63, 3.8) is 0 Å². The number of nitrogens with two attached hydrogens (primary N) is 1. The van der Waals surface area contributed by atoms with Crippen molar-refractivity contribution in [3.05, 3.63) is 15.8 Å². The second kappa shape index (κ2) is 6.04. The summed E-state index contributed by atoms with van der Waals surface area (Å²) < 4.78 is 26.7. The van der Waals surface area contributed by atoms with Crippen LogP contribution in [0, 0.1) is 13.8 Å². The highest BCUT2D eigenvalue weighted by Crippen LogP contribution is 2.28. The molecule has 0 aliphatic carbocycles. The lowest BCUT2D eigenvalue weighted by atomic mass is 10.2. The Bertz CT molecular complexity index is 629. The SMILES string of the molecule is Cc1cc(S(=O)(=O)N2CCN(C(=O)[C@@H](C)N)CC2)c(C)s1. The lowest BCUT2D eigenvalue weighted by Crippen LogP contribution is -2.53. The number of carbonyl (C=O) groups excluding carboxylic acids is 1. The van der Waals surface area contributed by atoms with Gasteiger partial charge in [0.1, 0.15) is 0 Å². The van der Waals surface area contributed by atoms with Crippen molar-refractivity contribution >= 4 is 27.3 Å². The van der Waals surface area contributed by atoms with Gasteiger partial charge in [-0.2, -0.15) is 4.31 Å². The van der Waals surface area contributed by atoms with E-state index in [1.165, 1.54) is 15.6 Å². The quantitative estimate of drug-likeness (QED) is 0.876. The van der Waals surface area contributed by atoms with Crippen LogP contribution in [-0.2, 0) is 14.8 Å². The van der Waals surface area contributed by atoms with Gasteiger partial charge >= 0.3 is 0 Å². The molecule has 1 atom stereocenters. The molecule has 0 radical (unpaired) electrons. The first-order valence-electron chi connectivity index (χ1n) is 6.85. The number of rotatable bonds is 3. The molecular weight excluding hydrogens is 310 g/mol. The maximum atomic E-state index is 12.6. The highest BCUT2D eigenvalue weighted by molar-refractivity contribution is 7.89. The first-order valence-corrected chi connectivity index (χ1v) is 9.10. The lowest BCUT2D eigenvalue weighted by Gasteiger charge is -2.34. The Morgan fingerprint density at radius 2 is 1.86 bits per heavy atom. The summed E-state index contributed by atoms with van der Waals surface area (Å²) in [5.74, 6) is -0.130. The van der Waals surface area contributed by atoms with E-state index in [1.54, 1.807) is 17.9 Å². The number of thiophene rings is 1. The minimum absolute atomic E-state index is 0.130. The second-order valence-corrected chi connectivity index (χ2v) is 8.66. The van der Waals surface area contributed by atoms with Crippen LogP contribution in [0.2, 0.25) is 0 Å². The smallest absolute Gasteiger partial charge is 0.244 e. The van der Waals surface area contributed by atoms with E-state index in [4.69, 9.17) is 5.73 Å². The predicted molar refractivity (Wildman–Crippen MR) is 82.8 cm³/mol. The van der Waals surface area contributed by atoms with Crippen LogP contribution in [0.1, 0.15) is 16.7 Å². The summed E-state index contributed by atoms with van der Waals surface area (Å²) in [6, 6.07) is 1.17. The van der Waals surface area contributed by atoms with Crippen molar-refractivity contribution in [1.29, 1.82) is 0 Å². The van der Waals surface area contributed by atoms with Crippen LogP contribution < -0.4 is 5.73 Å². The number of sulfonamides is 1. The minimum Gasteiger partial charge on any atom is -0.339 e. The van der Waals surface area contributed by atoms with Crippen LogP contribution in [0.25, 0.3) is 0 Å². The van der Waals surface area contributed by atoms with Crippen LogP contribution in [0.3, 0.4) is 0 Å². The third-order valence-corrected chi connectivity index (χ3v) is 6.67. The van der Waals surface area contributed by atoms with E-state index in [2.05, 4.69) is 0 Å². The van der Waals surface area contributed by atoms with Crippen LogP contribution in [0.15, 0.2) is 11.0 Å². The average molecular weight is 331 g/mol. The summed E-state index contributed by atoms with van der Waals surface area (Å²) >= 11 is 1.48. The van der Waals surface area contributed by atoms with Gasteiger partial charge in [-0.25, -0.2) is 8.42 Å². The molecule has 1 aliphatic rings. The zero-order valence-electron chi connectivity index (χ0n) is 12.5. The van der Waals surface area contributed by atoms with E-state index in [-0.39, 0.29) is 5.91 Å². The highest BCUT2D eigenvalue weighted by atomic mass is 32.2. The number of hydrogen-bond donors (Lipinski definition) is 1. The molecule has 0 saturated carbocycles. The van der Waals surface area contributed by atoms with Crippen molar-refractivity contribution in [1.82, 2.24) is 9.21 Å². The maximum Gasteiger partial charge on any atom is 0.244 e. The number of piperazine rings is 1. The van der Waals surface area contributed by atoms with Gasteiger partial charge in [0.25, 0.3) is 0 Å². The average Bonchev–Trinajstić information content (AvgIpc) is 2.77. The molecule has 0 unspecified atom stereocenters. The topological polar surface area (TPSA) is 83.7 Å². The van der Waals surface area contributed by atoms with Gasteiger partial charge in [0, 0.05) is 35.9 Å². The summed E-state index contributed by atoms with van der Waals surface area (Å²) in [5, 5.41) is 0. The monoisotopic (exact) mass is 331 g/mol. The number of hydrogen-bond acceptors (Lipinski definition) is 5. The molecule has 1 fully saturated rings. The zero-order valence-corrected chi connectivity index (χ0v) is 14.1. The highest BCUT2D eigenvalue weighted by Gasteiger charge is 2.32. The molecule has 1 aromatic rings. The van der Waals surface area contributed by atoms with E-state index < -0.39 is 16.1 Å². The molecule has 2 heterocycles. The van der Waals surface area contributed by atoms with Crippen molar-refractivity contribution in [2.45, 2.75) is 31.7 Å². The Balaban J connectivity index is 2.11. The molecule has 2 rings (SSSR count). The Hall–Kier alpha value is -0.960. The fourth-order valence-electron chi connectivity index (χ4n) is 2.44. The number of amides is 1. The molecule has 118 valence electrons. The van der Waals surface area contributed by atoms with Crippen LogP contribution in [0.5, 0.6) is 0 Å². The van der Waals surface area contributed by atoms with Crippen molar-refractivity contribution in [2.24, 2.45) is 5.73 Å². The van der Waals surface area contributed by atoms with Crippen LogP contribution in [-0.4, -0.2) is 55.8 Å². The molecule has 0 spiro atoms. The predicted octanol–water partition coefficient (Wildman–Crippen LogP) is 0.545. The van der Waals surface area contributed by atoms with E-state index in [0.717, 1.165) is 9.75 Å². The lowest BCUT2D eigenvalue weighted by molar-refractivity contribution is -0.133. The van der Waals surface area contributed by atoms with Gasteiger partial charge in [-0.1, -0.05) is 0 Å². The summed E-state index contributed by atoms with van der Waals surface area (Å²) in [5.41, 5.74) is 5.58. The Morgan fingerprint density at radius 1 is 1.29 bits per heavy atom. The van der Waals surface area contributed by atoms with Gasteiger partial charge in [-0.3, -0.25) is 4.79 Å². The summed E-state index contributed by atoms with van der Waals surface area (Å²) in [6.45, 7) is 6.77. The van der Waals surface area contributed by atoms with Gasteiger partial charge in [-0.05, 0) is 26.8 Å². The zero-order chi connectivity index (χ0) is 15.8. The fraction of sp³-hybridized carbons (Fsp3) is 0.615. The normalized spacial score (nSPS) is 18.8. The summed E-state index contributed by atoms with van der Waals surface area (Å²) in [6.07, 6.45) is 0. The first kappa shape index (κ1) is 16.4. The van der Waals surface area contributed by atoms with Gasteiger partial charge in [0.05, 0.1) is 10.9 Å². The maximum absolute atomic E-state index is 12.6. The fourth-order valence-corrected chi connectivity index (χ4v) is 5.39. The van der Waals surface area contributed by atoms with Gasteiger partial charge in [0.2, 0.25) is 15.9 Å². The summed E-state index contributed by atoms with van der Waals surface area (Å²) in [7, 11) is -3.47. The number of aryl methyl sites for hydroxylation is 2. The first-order chi connectivity index (χ1) is 9.73. The Morgan fingerprint density at radius 3 is 2.29 bits per heavy atom. The van der Waals surface area contributed by atoms with E-state index in [9.17, 15) is 13.2 Å². The Labute approximate surface area is 129 Å². The van der Waals surface area contributed by atoms with Crippen molar-refractivity contribution in [2.75, 3.05) is 26.2 Å². The molecule has 21 heavy (non-hydrogen) atoms. The van der Waals surface area contributed by atoms with Crippen LogP contribution >= 0.6 is 11.3 Å². The van der Waals surface area contributed by atoms with Crippen molar-refractivity contribution < 1.29 is 13.2 Å². The molecule has 1 aliphatic heterocycles. The number of nitrogens with zero attached hydrogens (tertiary/aromatic N) is 2. The molecule has 2 N–H and O–H groups in total. The molecule has 0 bridgehead atoms. The summed E-state index contributed by atoms with van der Waals surface area (Å²) in [4.78, 5) is 15.6. The van der Waals surface area contributed by atoms with Gasteiger partial charge < -0.3 is 10.6 Å². The van der Waals surface area contributed by atoms with Crippen LogP contribution in [0.4, 0.5) is 0 Å². The van der Waals surface area contributed by atoms with E-state index >= 15 is 0 Å². The molecular formula is C13H21N3O3S2. The van der Waals surface area contributed by atoms with E-state index in [1.807, 2.05) is 13.8 Å². The van der Waals surface area contributed by atoms with Gasteiger partial charge in [-0.15, -0.1) is 11.3 Å².